The number of pyridine rings is 1. The monoisotopic (exact) mass is 581 g/mol. The van der Waals surface area contributed by atoms with Crippen LogP contribution in [0.15, 0.2) is 54.9 Å². The van der Waals surface area contributed by atoms with Crippen molar-refractivity contribution in [1.82, 2.24) is 29.4 Å². The minimum atomic E-state index is -1.50. The number of likely N-dealkylation sites (tertiary alicyclic amines) is 2. The van der Waals surface area contributed by atoms with Crippen molar-refractivity contribution in [1.29, 1.82) is 0 Å². The van der Waals surface area contributed by atoms with E-state index >= 15 is 0 Å². The van der Waals surface area contributed by atoms with E-state index in [0.29, 0.717) is 37.4 Å². The fraction of sp³-hybridized carbons (Fsp3) is 0.387. The molecule has 2 aliphatic heterocycles. The number of carbonyl (C=O) groups excluding carboxylic acids is 2. The second-order valence-corrected chi connectivity index (χ2v) is 11.7. The van der Waals surface area contributed by atoms with Crippen molar-refractivity contribution in [2.45, 2.75) is 50.2 Å². The van der Waals surface area contributed by atoms with E-state index in [1.165, 1.54) is 11.8 Å². The highest BCUT2D eigenvalue weighted by atomic mass is 16.3. The molecule has 3 aromatic heterocycles. The lowest BCUT2D eigenvalue weighted by atomic mass is 9.83. The molecule has 2 aliphatic rings. The number of fused-ring (bicyclic) bond motifs is 1. The van der Waals surface area contributed by atoms with Crippen LogP contribution in [0.3, 0.4) is 0 Å². The first-order valence-corrected chi connectivity index (χ1v) is 14.8. The molecule has 1 aromatic carbocycles. The maximum absolute atomic E-state index is 13.4. The Kier molecular flexibility index (Phi) is 7.65. The van der Waals surface area contributed by atoms with E-state index < -0.39 is 11.7 Å². The molecule has 0 aliphatic carbocycles. The topological polar surface area (TPSA) is 150 Å². The lowest BCUT2D eigenvalue weighted by molar-refractivity contribution is -0.161. The summed E-state index contributed by atoms with van der Waals surface area (Å²) in [7, 11) is 1.96. The summed E-state index contributed by atoms with van der Waals surface area (Å²) in [5.41, 5.74) is 11.2. The van der Waals surface area contributed by atoms with Gasteiger partial charge in [0.05, 0.1) is 11.9 Å². The number of aromatic nitrogens is 4. The van der Waals surface area contributed by atoms with E-state index in [9.17, 15) is 19.8 Å². The summed E-state index contributed by atoms with van der Waals surface area (Å²) in [6, 6.07) is 14.0. The van der Waals surface area contributed by atoms with Gasteiger partial charge in [0, 0.05) is 73.5 Å². The molecule has 0 spiro atoms. The third kappa shape index (κ3) is 5.36. The van der Waals surface area contributed by atoms with Gasteiger partial charge in [-0.15, -0.1) is 0 Å². The summed E-state index contributed by atoms with van der Waals surface area (Å²) in [6.45, 7) is 2.89. The highest BCUT2D eigenvalue weighted by molar-refractivity contribution is 6.36. The van der Waals surface area contributed by atoms with Gasteiger partial charge in [-0.05, 0) is 31.3 Å². The second kappa shape index (κ2) is 11.4. The van der Waals surface area contributed by atoms with Gasteiger partial charge in [0.25, 0.3) is 11.8 Å². The first-order valence-electron chi connectivity index (χ1n) is 14.8. The quantitative estimate of drug-likeness (QED) is 0.292. The highest BCUT2D eigenvalue weighted by Crippen LogP contribution is 2.33. The van der Waals surface area contributed by atoms with Crippen LogP contribution in [-0.2, 0) is 9.59 Å². The van der Waals surface area contributed by atoms with Gasteiger partial charge in [0.2, 0.25) is 0 Å². The Bertz CT molecular complexity index is 1640. The largest absolute Gasteiger partial charge is 0.384 e. The van der Waals surface area contributed by atoms with E-state index in [2.05, 4.69) is 10.1 Å². The summed E-state index contributed by atoms with van der Waals surface area (Å²) < 4.78 is 1.67. The number of nitrogen functional groups attached to an aromatic ring is 1. The van der Waals surface area contributed by atoms with Crippen LogP contribution in [0.1, 0.15) is 44.2 Å². The number of rotatable bonds is 5. The van der Waals surface area contributed by atoms with Crippen LogP contribution >= 0.6 is 0 Å². The molecular formula is C31H36BN7O4. The Hall–Kier alpha value is -4.29. The Morgan fingerprint density at radius 3 is 2.33 bits per heavy atom. The number of amides is 2. The average Bonchev–Trinajstić information content (AvgIpc) is 3.47. The second-order valence-electron chi connectivity index (χ2n) is 11.7. The number of nitrogens with zero attached hydrogens (tertiary/aromatic N) is 6. The lowest BCUT2D eigenvalue weighted by Gasteiger charge is -2.42. The summed E-state index contributed by atoms with van der Waals surface area (Å²) in [4.78, 5) is 38.5. The van der Waals surface area contributed by atoms with Crippen LogP contribution < -0.4 is 11.2 Å². The van der Waals surface area contributed by atoms with Crippen LogP contribution in [0.25, 0.3) is 28.0 Å². The molecule has 6 rings (SSSR count). The molecule has 0 radical (unpaired) electrons. The molecule has 2 saturated heterocycles. The first-order chi connectivity index (χ1) is 20.7. The SMILES string of the molecule is Bc1c(C2CCN(C(=O)C3(O)CCN(C(=O)[C@@H](C)O)CC3)CC2)nc2c(-c3ccc(-c4ccccc4)nc3)cnn2c1N. The molecule has 2 fully saturated rings. The predicted molar refractivity (Wildman–Crippen MR) is 165 cm³/mol. The van der Waals surface area contributed by atoms with E-state index in [-0.39, 0.29) is 43.7 Å². The van der Waals surface area contributed by atoms with Gasteiger partial charge in [-0.1, -0.05) is 36.4 Å². The van der Waals surface area contributed by atoms with Crippen LogP contribution in [0.2, 0.25) is 0 Å². The van der Waals surface area contributed by atoms with Gasteiger partial charge in [-0.25, -0.2) is 4.98 Å². The number of hydrogen-bond donors (Lipinski definition) is 3. The number of aliphatic hydroxyl groups is 2. The Labute approximate surface area is 250 Å². The molecule has 12 heteroatoms. The van der Waals surface area contributed by atoms with Gasteiger partial charge < -0.3 is 25.7 Å². The van der Waals surface area contributed by atoms with Crippen molar-refractivity contribution in [3.8, 4) is 22.4 Å². The molecule has 0 saturated carbocycles. The fourth-order valence-electron chi connectivity index (χ4n) is 6.27. The van der Waals surface area contributed by atoms with Gasteiger partial charge in [-0.2, -0.15) is 9.61 Å². The van der Waals surface area contributed by atoms with Crippen LogP contribution in [-0.4, -0.2) is 97.1 Å². The van der Waals surface area contributed by atoms with E-state index in [0.717, 1.165) is 33.5 Å². The third-order valence-electron chi connectivity index (χ3n) is 8.94. The number of piperidine rings is 2. The Balaban J connectivity index is 1.17. The van der Waals surface area contributed by atoms with Crippen molar-refractivity contribution < 1.29 is 19.8 Å². The summed E-state index contributed by atoms with van der Waals surface area (Å²) in [6.07, 6.45) is 4.19. The van der Waals surface area contributed by atoms with Crippen molar-refractivity contribution in [3.63, 3.8) is 0 Å². The highest BCUT2D eigenvalue weighted by Gasteiger charge is 2.44. The molecule has 43 heavy (non-hydrogen) atoms. The zero-order valence-electron chi connectivity index (χ0n) is 24.5. The molecular weight excluding hydrogens is 545 g/mol. The van der Waals surface area contributed by atoms with Crippen LogP contribution in [0.5, 0.6) is 0 Å². The molecule has 222 valence electrons. The fourth-order valence-corrected chi connectivity index (χ4v) is 6.27. The number of nitrogens with two attached hydrogens (primary N) is 1. The molecule has 4 N–H and O–H groups in total. The number of anilines is 1. The number of benzene rings is 1. The molecule has 11 nitrogen and oxygen atoms in total. The van der Waals surface area contributed by atoms with E-state index in [4.69, 9.17) is 10.7 Å². The van der Waals surface area contributed by atoms with Gasteiger partial charge in [0.1, 0.15) is 25.4 Å². The average molecular weight is 581 g/mol. The third-order valence-corrected chi connectivity index (χ3v) is 8.94. The predicted octanol–water partition coefficient (Wildman–Crippen LogP) is 0.739. The van der Waals surface area contributed by atoms with Gasteiger partial charge in [-0.3, -0.25) is 14.6 Å². The smallest absolute Gasteiger partial charge is 0.254 e. The Morgan fingerprint density at radius 1 is 1.00 bits per heavy atom. The zero-order valence-corrected chi connectivity index (χ0v) is 24.5. The summed E-state index contributed by atoms with van der Waals surface area (Å²) in [5, 5.41) is 25.3. The molecule has 2 amide bonds. The minimum absolute atomic E-state index is 0.0952. The van der Waals surface area contributed by atoms with E-state index in [1.807, 2.05) is 56.5 Å². The standard InChI is InChI=1S/C31H36BN7O4/c1-19(40)29(41)37-15-11-31(43,12-16-37)30(42)38-13-9-21(10-14-38)26-25(32)27(33)39-28(36-26)23(18-35-39)22-7-8-24(34-17-22)20-5-3-2-4-6-20/h2-8,17-19,21,40,43H,9-16,32-33H2,1H3/t19-/m1/s1. The summed E-state index contributed by atoms with van der Waals surface area (Å²) in [5.74, 6) is -0.0419. The normalized spacial score (nSPS) is 18.1. The molecule has 4 aromatic rings. The first kappa shape index (κ1) is 28.8. The molecule has 5 heterocycles. The molecule has 0 bridgehead atoms. The van der Waals surface area contributed by atoms with Gasteiger partial charge >= 0.3 is 0 Å². The zero-order chi connectivity index (χ0) is 30.3. The van der Waals surface area contributed by atoms with Crippen molar-refractivity contribution in [2.24, 2.45) is 0 Å². The summed E-state index contributed by atoms with van der Waals surface area (Å²) >= 11 is 0. The lowest BCUT2D eigenvalue weighted by Crippen LogP contribution is -2.57. The number of hydrogen-bond acceptors (Lipinski definition) is 8. The maximum atomic E-state index is 13.4. The van der Waals surface area contributed by atoms with Gasteiger partial charge in [0.15, 0.2) is 5.65 Å². The number of carbonyl (C=O) groups is 2. The van der Waals surface area contributed by atoms with Crippen molar-refractivity contribution in [2.75, 3.05) is 31.9 Å². The molecule has 0 unspecified atom stereocenters. The van der Waals surface area contributed by atoms with Crippen LogP contribution in [0.4, 0.5) is 5.82 Å². The Morgan fingerprint density at radius 2 is 1.70 bits per heavy atom. The number of aliphatic hydroxyl groups excluding tert-OH is 1. The van der Waals surface area contributed by atoms with Crippen LogP contribution in [0, 0.1) is 0 Å². The maximum Gasteiger partial charge on any atom is 0.254 e. The van der Waals surface area contributed by atoms with Crippen molar-refractivity contribution >= 4 is 36.6 Å². The van der Waals surface area contributed by atoms with E-state index in [1.54, 1.807) is 15.6 Å². The molecule has 1 atom stereocenters. The minimum Gasteiger partial charge on any atom is -0.384 e. The van der Waals surface area contributed by atoms with Crippen molar-refractivity contribution in [3.05, 3.63) is 60.6 Å².